The number of nitrogens with zero attached hydrogens (tertiary/aromatic N) is 1. The molecule has 0 fully saturated rings. The Bertz CT molecular complexity index is 749. The number of rotatable bonds is 8. The predicted molar refractivity (Wildman–Crippen MR) is 100 cm³/mol. The van der Waals surface area contributed by atoms with E-state index in [0.29, 0.717) is 23.7 Å². The number of halogens is 1. The smallest absolute Gasteiger partial charge is 0.325 e. The molecule has 0 saturated carbocycles. The Labute approximate surface area is 158 Å². The lowest BCUT2D eigenvalue weighted by atomic mass is 10.1. The molecule has 0 saturated heterocycles. The molecule has 0 atom stereocenters. The van der Waals surface area contributed by atoms with E-state index in [1.54, 1.807) is 19.2 Å². The second-order valence-corrected chi connectivity index (χ2v) is 6.19. The third kappa shape index (κ3) is 5.77. The Morgan fingerprint density at radius 2 is 1.77 bits per heavy atom. The zero-order valence-electron chi connectivity index (χ0n) is 14.9. The minimum atomic E-state index is -0.443. The number of hydrogen-bond donors (Lipinski definition) is 0. The van der Waals surface area contributed by atoms with Crippen LogP contribution < -0.4 is 4.74 Å². The number of esters is 1. The lowest BCUT2D eigenvalue weighted by molar-refractivity contribution is -0.147. The van der Waals surface area contributed by atoms with Crippen molar-refractivity contribution < 1.29 is 19.1 Å². The normalized spacial score (nSPS) is 10.3. The number of hydrogen-bond acceptors (Lipinski definition) is 4. The van der Waals surface area contributed by atoms with Gasteiger partial charge in [0, 0.05) is 13.0 Å². The molecule has 0 unspecified atom stereocenters. The van der Waals surface area contributed by atoms with E-state index in [2.05, 4.69) is 0 Å². The topological polar surface area (TPSA) is 55.8 Å². The van der Waals surface area contributed by atoms with Gasteiger partial charge in [-0.05, 0) is 29.7 Å². The van der Waals surface area contributed by atoms with Crippen molar-refractivity contribution in [3.05, 3.63) is 64.7 Å². The molecule has 0 N–H and O–H groups in total. The van der Waals surface area contributed by atoms with Crippen molar-refractivity contribution in [3.8, 4) is 5.75 Å². The van der Waals surface area contributed by atoms with Gasteiger partial charge in [0.2, 0.25) is 5.91 Å². The Morgan fingerprint density at radius 3 is 2.38 bits per heavy atom. The fraction of sp³-hybridized carbons (Fsp3) is 0.300. The minimum Gasteiger partial charge on any atom is -0.495 e. The van der Waals surface area contributed by atoms with Crippen molar-refractivity contribution in [2.24, 2.45) is 0 Å². The second-order valence-electron chi connectivity index (χ2n) is 5.78. The van der Waals surface area contributed by atoms with Crippen LogP contribution in [-0.4, -0.2) is 37.5 Å². The summed E-state index contributed by atoms with van der Waals surface area (Å²) >= 11 is 6.12. The molecule has 26 heavy (non-hydrogen) atoms. The summed E-state index contributed by atoms with van der Waals surface area (Å²) in [4.78, 5) is 25.8. The Morgan fingerprint density at radius 1 is 1.04 bits per heavy atom. The number of aryl methyl sites for hydroxylation is 1. The standard InChI is InChI=1S/C20H22ClNO4/c1-25-18-10-8-15(12-17(18)21)9-11-19(23)22(14-20(24)26-2)13-16-6-4-3-5-7-16/h3-8,10,12H,9,11,13-14H2,1-2H3. The number of carbonyl (C=O) groups excluding carboxylic acids is 2. The number of amides is 1. The molecule has 0 heterocycles. The van der Waals surface area contributed by atoms with Crippen LogP contribution >= 0.6 is 11.6 Å². The van der Waals surface area contributed by atoms with E-state index >= 15 is 0 Å². The second kappa shape index (κ2) is 9.82. The molecule has 2 aromatic rings. The predicted octanol–water partition coefficient (Wildman–Crippen LogP) is 3.48. The first-order chi connectivity index (χ1) is 12.5. The lowest BCUT2D eigenvalue weighted by Gasteiger charge is -2.21. The van der Waals surface area contributed by atoms with Crippen LogP contribution in [0, 0.1) is 0 Å². The van der Waals surface area contributed by atoms with Crippen LogP contribution in [0.15, 0.2) is 48.5 Å². The lowest BCUT2D eigenvalue weighted by Crippen LogP contribution is -2.35. The fourth-order valence-corrected chi connectivity index (χ4v) is 2.81. The summed E-state index contributed by atoms with van der Waals surface area (Å²) < 4.78 is 9.84. The van der Waals surface area contributed by atoms with Crippen molar-refractivity contribution in [2.75, 3.05) is 20.8 Å². The quantitative estimate of drug-likeness (QED) is 0.663. The maximum atomic E-state index is 12.6. The zero-order valence-corrected chi connectivity index (χ0v) is 15.7. The van der Waals surface area contributed by atoms with Gasteiger partial charge in [0.25, 0.3) is 0 Å². The molecule has 0 aliphatic carbocycles. The largest absolute Gasteiger partial charge is 0.495 e. The van der Waals surface area contributed by atoms with E-state index in [1.165, 1.54) is 12.0 Å². The van der Waals surface area contributed by atoms with Crippen LogP contribution in [0.4, 0.5) is 0 Å². The molecule has 5 nitrogen and oxygen atoms in total. The molecule has 1 amide bonds. The molecule has 0 aromatic heterocycles. The highest BCUT2D eigenvalue weighted by Crippen LogP contribution is 2.25. The van der Waals surface area contributed by atoms with Gasteiger partial charge in [0.15, 0.2) is 0 Å². The van der Waals surface area contributed by atoms with Gasteiger partial charge >= 0.3 is 5.97 Å². The molecular weight excluding hydrogens is 354 g/mol. The summed E-state index contributed by atoms with van der Waals surface area (Å²) in [5, 5.41) is 0.508. The zero-order chi connectivity index (χ0) is 18.9. The maximum absolute atomic E-state index is 12.6. The highest BCUT2D eigenvalue weighted by molar-refractivity contribution is 6.32. The van der Waals surface area contributed by atoms with E-state index in [-0.39, 0.29) is 18.9 Å². The first kappa shape index (κ1) is 19.8. The molecule has 0 radical (unpaired) electrons. The first-order valence-electron chi connectivity index (χ1n) is 8.24. The van der Waals surface area contributed by atoms with Gasteiger partial charge in [-0.15, -0.1) is 0 Å². The average Bonchev–Trinajstić information content (AvgIpc) is 2.66. The summed E-state index contributed by atoms with van der Waals surface area (Å²) in [5.74, 6) is 0.0334. The van der Waals surface area contributed by atoms with Crippen LogP contribution in [0.5, 0.6) is 5.75 Å². The van der Waals surface area contributed by atoms with Crippen LogP contribution in [0.25, 0.3) is 0 Å². The van der Waals surface area contributed by atoms with Crippen LogP contribution in [0.2, 0.25) is 5.02 Å². The van der Waals surface area contributed by atoms with E-state index in [4.69, 9.17) is 21.1 Å². The minimum absolute atomic E-state index is 0.0758. The monoisotopic (exact) mass is 375 g/mol. The van der Waals surface area contributed by atoms with E-state index in [9.17, 15) is 9.59 Å². The highest BCUT2D eigenvalue weighted by atomic mass is 35.5. The molecule has 0 spiro atoms. The SMILES string of the molecule is COC(=O)CN(Cc1ccccc1)C(=O)CCc1ccc(OC)c(Cl)c1. The van der Waals surface area contributed by atoms with Gasteiger partial charge in [0.1, 0.15) is 12.3 Å². The summed E-state index contributed by atoms with van der Waals surface area (Å²) in [6.45, 7) is 0.283. The van der Waals surface area contributed by atoms with Crippen molar-refractivity contribution in [2.45, 2.75) is 19.4 Å². The summed E-state index contributed by atoms with van der Waals surface area (Å²) in [7, 11) is 2.87. The number of carbonyl (C=O) groups is 2. The van der Waals surface area contributed by atoms with E-state index < -0.39 is 5.97 Å². The molecular formula is C20H22ClNO4. The van der Waals surface area contributed by atoms with E-state index in [1.807, 2.05) is 36.4 Å². The molecule has 6 heteroatoms. The van der Waals surface area contributed by atoms with Crippen LogP contribution in [0.1, 0.15) is 17.5 Å². The maximum Gasteiger partial charge on any atom is 0.325 e. The number of benzene rings is 2. The molecule has 0 aliphatic heterocycles. The first-order valence-corrected chi connectivity index (χ1v) is 8.62. The van der Waals surface area contributed by atoms with Gasteiger partial charge < -0.3 is 14.4 Å². The Kier molecular flexibility index (Phi) is 7.48. The molecule has 138 valence electrons. The molecule has 2 aromatic carbocycles. The Balaban J connectivity index is 2.03. The van der Waals surface area contributed by atoms with Gasteiger partial charge in [0.05, 0.1) is 19.2 Å². The van der Waals surface area contributed by atoms with Crippen LogP contribution in [0.3, 0.4) is 0 Å². The van der Waals surface area contributed by atoms with Crippen molar-refractivity contribution in [1.29, 1.82) is 0 Å². The van der Waals surface area contributed by atoms with Crippen LogP contribution in [-0.2, 0) is 27.3 Å². The average molecular weight is 376 g/mol. The molecule has 0 aliphatic rings. The molecule has 2 rings (SSSR count). The van der Waals surface area contributed by atoms with Crippen molar-refractivity contribution in [3.63, 3.8) is 0 Å². The highest BCUT2D eigenvalue weighted by Gasteiger charge is 2.18. The summed E-state index contributed by atoms with van der Waals surface area (Å²) in [5.41, 5.74) is 1.89. The number of ether oxygens (including phenoxy) is 2. The van der Waals surface area contributed by atoms with Gasteiger partial charge in [-0.25, -0.2) is 0 Å². The number of methoxy groups -OCH3 is 2. The molecule has 0 bridgehead atoms. The summed E-state index contributed by atoms with van der Waals surface area (Å²) in [6.07, 6.45) is 0.793. The Hall–Kier alpha value is -2.53. The third-order valence-electron chi connectivity index (χ3n) is 3.96. The third-order valence-corrected chi connectivity index (χ3v) is 4.26. The summed E-state index contributed by atoms with van der Waals surface area (Å²) in [6, 6.07) is 15.0. The van der Waals surface area contributed by atoms with Gasteiger partial charge in [-0.2, -0.15) is 0 Å². The van der Waals surface area contributed by atoms with Gasteiger partial charge in [-0.1, -0.05) is 48.0 Å². The van der Waals surface area contributed by atoms with Crippen molar-refractivity contribution >= 4 is 23.5 Å². The van der Waals surface area contributed by atoms with Crippen molar-refractivity contribution in [1.82, 2.24) is 4.90 Å². The van der Waals surface area contributed by atoms with E-state index in [0.717, 1.165) is 11.1 Å². The fourth-order valence-electron chi connectivity index (χ4n) is 2.53. The van der Waals surface area contributed by atoms with Gasteiger partial charge in [-0.3, -0.25) is 9.59 Å².